The van der Waals surface area contributed by atoms with Crippen LogP contribution >= 0.6 is 0 Å². The van der Waals surface area contributed by atoms with E-state index in [0.717, 1.165) is 16.8 Å². The van der Waals surface area contributed by atoms with E-state index in [9.17, 15) is 9.18 Å². The lowest BCUT2D eigenvalue weighted by atomic mass is 10.1. The number of carbonyl (C=O) groups is 1. The van der Waals surface area contributed by atoms with Gasteiger partial charge in [-0.3, -0.25) is 9.78 Å². The maximum atomic E-state index is 12.9. The van der Waals surface area contributed by atoms with Crippen LogP contribution in [0.2, 0.25) is 0 Å². The summed E-state index contributed by atoms with van der Waals surface area (Å²) in [6.45, 7) is 2.45. The van der Waals surface area contributed by atoms with Crippen molar-refractivity contribution in [3.63, 3.8) is 0 Å². The summed E-state index contributed by atoms with van der Waals surface area (Å²) in [6.07, 6.45) is 3.79. The molecule has 0 aliphatic carbocycles. The molecule has 28 heavy (non-hydrogen) atoms. The lowest BCUT2D eigenvalue weighted by Gasteiger charge is -2.12. The molecular weight excluding hydrogens is 357 g/mol. The third kappa shape index (κ3) is 5.07. The molecule has 1 heterocycles. The van der Waals surface area contributed by atoms with Gasteiger partial charge in [0, 0.05) is 12.7 Å². The summed E-state index contributed by atoms with van der Waals surface area (Å²) in [7, 11) is 1.61. The molecule has 0 aliphatic heterocycles. The Hall–Kier alpha value is -3.41. The van der Waals surface area contributed by atoms with Crippen molar-refractivity contribution in [3.05, 3.63) is 83.4 Å². The summed E-state index contributed by atoms with van der Waals surface area (Å²) >= 11 is 0. The van der Waals surface area contributed by atoms with Gasteiger partial charge in [-0.05, 0) is 54.8 Å². The standard InChI is InChI=1S/C22H22FN3O2/c1-15-3-8-21(28-2)20(11-15)26-19-12-17(13-24-14-19)22(27)25-10-9-16-4-6-18(23)7-5-16/h3-8,11-14,26H,9-10H2,1-2H3,(H,25,27). The molecule has 0 aliphatic rings. The van der Waals surface area contributed by atoms with E-state index in [1.165, 1.54) is 18.3 Å². The first-order chi connectivity index (χ1) is 13.5. The number of halogens is 1. The van der Waals surface area contributed by atoms with Crippen molar-refractivity contribution in [3.8, 4) is 5.75 Å². The van der Waals surface area contributed by atoms with Crippen molar-refractivity contribution >= 4 is 17.3 Å². The topological polar surface area (TPSA) is 63.2 Å². The molecule has 0 atom stereocenters. The molecule has 5 nitrogen and oxygen atoms in total. The van der Waals surface area contributed by atoms with Crippen molar-refractivity contribution in [2.75, 3.05) is 19.0 Å². The molecule has 0 bridgehead atoms. The van der Waals surface area contributed by atoms with Crippen molar-refractivity contribution in [1.82, 2.24) is 10.3 Å². The number of methoxy groups -OCH3 is 1. The Morgan fingerprint density at radius 2 is 1.89 bits per heavy atom. The number of nitrogens with one attached hydrogen (secondary N) is 2. The van der Waals surface area contributed by atoms with Crippen molar-refractivity contribution in [2.45, 2.75) is 13.3 Å². The number of benzene rings is 2. The molecule has 2 N–H and O–H groups in total. The molecule has 0 spiro atoms. The Balaban J connectivity index is 1.63. The summed E-state index contributed by atoms with van der Waals surface area (Å²) in [5.74, 6) is 0.225. The predicted octanol–water partition coefficient (Wildman–Crippen LogP) is 4.25. The minimum atomic E-state index is -0.270. The smallest absolute Gasteiger partial charge is 0.252 e. The van der Waals surface area contributed by atoms with Gasteiger partial charge in [-0.25, -0.2) is 4.39 Å². The van der Waals surface area contributed by atoms with E-state index in [0.29, 0.717) is 30.0 Å². The van der Waals surface area contributed by atoms with Crippen LogP contribution in [0.25, 0.3) is 0 Å². The number of aryl methyl sites for hydroxylation is 1. The highest BCUT2D eigenvalue weighted by molar-refractivity contribution is 5.94. The van der Waals surface area contributed by atoms with Crippen LogP contribution in [0.4, 0.5) is 15.8 Å². The summed E-state index contributed by atoms with van der Waals surface area (Å²) in [5.41, 5.74) is 4.00. The number of hydrogen-bond donors (Lipinski definition) is 2. The molecule has 0 unspecified atom stereocenters. The minimum absolute atomic E-state index is 0.213. The number of aromatic nitrogens is 1. The zero-order valence-electron chi connectivity index (χ0n) is 15.8. The summed E-state index contributed by atoms with van der Waals surface area (Å²) in [4.78, 5) is 16.6. The maximum absolute atomic E-state index is 12.9. The average Bonchev–Trinajstić information content (AvgIpc) is 2.70. The van der Waals surface area contributed by atoms with Crippen LogP contribution in [0.15, 0.2) is 60.9 Å². The number of carbonyl (C=O) groups excluding carboxylic acids is 1. The molecule has 3 rings (SSSR count). The SMILES string of the molecule is COc1ccc(C)cc1Nc1cncc(C(=O)NCCc2ccc(F)cc2)c1. The normalized spacial score (nSPS) is 10.4. The molecule has 0 saturated carbocycles. The fourth-order valence-electron chi connectivity index (χ4n) is 2.78. The molecular formula is C22H22FN3O2. The largest absolute Gasteiger partial charge is 0.495 e. The highest BCUT2D eigenvalue weighted by Gasteiger charge is 2.09. The van der Waals surface area contributed by atoms with Crippen LogP contribution in [0.1, 0.15) is 21.5 Å². The molecule has 0 fully saturated rings. The molecule has 6 heteroatoms. The molecule has 1 aromatic heterocycles. The Bertz CT molecular complexity index is 958. The van der Waals surface area contributed by atoms with E-state index in [1.54, 1.807) is 31.5 Å². The summed E-state index contributed by atoms with van der Waals surface area (Å²) in [5, 5.41) is 6.10. The number of ether oxygens (including phenoxy) is 1. The van der Waals surface area contributed by atoms with Crippen LogP contribution < -0.4 is 15.4 Å². The number of anilines is 2. The second-order valence-electron chi connectivity index (χ2n) is 6.42. The zero-order valence-corrected chi connectivity index (χ0v) is 15.8. The quantitative estimate of drug-likeness (QED) is 0.644. The highest BCUT2D eigenvalue weighted by atomic mass is 19.1. The first-order valence-electron chi connectivity index (χ1n) is 8.94. The van der Waals surface area contributed by atoms with Gasteiger partial charge in [0.2, 0.25) is 0 Å². The Labute approximate surface area is 163 Å². The fraction of sp³-hybridized carbons (Fsp3) is 0.182. The molecule has 144 valence electrons. The van der Waals surface area contributed by atoms with Crippen LogP contribution in [0.5, 0.6) is 5.75 Å². The van der Waals surface area contributed by atoms with E-state index in [1.807, 2.05) is 25.1 Å². The number of pyridine rings is 1. The lowest BCUT2D eigenvalue weighted by molar-refractivity contribution is 0.0954. The van der Waals surface area contributed by atoms with Crippen LogP contribution in [0, 0.1) is 12.7 Å². The second kappa shape index (κ2) is 8.99. The molecule has 0 saturated heterocycles. The van der Waals surface area contributed by atoms with Gasteiger partial charge in [0.25, 0.3) is 5.91 Å². The van der Waals surface area contributed by atoms with Gasteiger partial charge in [-0.15, -0.1) is 0 Å². The van der Waals surface area contributed by atoms with Gasteiger partial charge < -0.3 is 15.4 Å². The molecule has 0 radical (unpaired) electrons. The fourth-order valence-corrected chi connectivity index (χ4v) is 2.78. The number of hydrogen-bond acceptors (Lipinski definition) is 4. The first-order valence-corrected chi connectivity index (χ1v) is 8.94. The van der Waals surface area contributed by atoms with Gasteiger partial charge in [0.15, 0.2) is 0 Å². The van der Waals surface area contributed by atoms with Crippen LogP contribution in [-0.2, 0) is 6.42 Å². The monoisotopic (exact) mass is 379 g/mol. The number of amides is 1. The first kappa shape index (κ1) is 19.4. The van der Waals surface area contributed by atoms with Crippen molar-refractivity contribution in [2.24, 2.45) is 0 Å². The zero-order chi connectivity index (χ0) is 19.9. The van der Waals surface area contributed by atoms with Gasteiger partial charge in [0.1, 0.15) is 11.6 Å². The Kier molecular flexibility index (Phi) is 6.22. The highest BCUT2D eigenvalue weighted by Crippen LogP contribution is 2.28. The number of rotatable bonds is 7. The maximum Gasteiger partial charge on any atom is 0.252 e. The number of nitrogens with zero attached hydrogens (tertiary/aromatic N) is 1. The molecule has 2 aromatic carbocycles. The van der Waals surface area contributed by atoms with Crippen molar-refractivity contribution in [1.29, 1.82) is 0 Å². The van der Waals surface area contributed by atoms with Gasteiger partial charge >= 0.3 is 0 Å². The van der Waals surface area contributed by atoms with Gasteiger partial charge in [0.05, 0.1) is 30.2 Å². The lowest BCUT2D eigenvalue weighted by Crippen LogP contribution is -2.25. The minimum Gasteiger partial charge on any atom is -0.495 e. The van der Waals surface area contributed by atoms with E-state index >= 15 is 0 Å². The van der Waals surface area contributed by atoms with E-state index in [2.05, 4.69) is 15.6 Å². The molecule has 3 aromatic rings. The average molecular weight is 379 g/mol. The van der Waals surface area contributed by atoms with Crippen molar-refractivity contribution < 1.29 is 13.9 Å². The molecule has 1 amide bonds. The second-order valence-corrected chi connectivity index (χ2v) is 6.42. The Morgan fingerprint density at radius 3 is 2.64 bits per heavy atom. The van der Waals surface area contributed by atoms with Crippen LogP contribution in [-0.4, -0.2) is 24.5 Å². The van der Waals surface area contributed by atoms with E-state index in [-0.39, 0.29) is 11.7 Å². The van der Waals surface area contributed by atoms with Crippen LogP contribution in [0.3, 0.4) is 0 Å². The van der Waals surface area contributed by atoms with Gasteiger partial charge in [-0.1, -0.05) is 18.2 Å². The third-order valence-electron chi connectivity index (χ3n) is 4.25. The predicted molar refractivity (Wildman–Crippen MR) is 108 cm³/mol. The van der Waals surface area contributed by atoms with E-state index in [4.69, 9.17) is 4.74 Å². The summed E-state index contributed by atoms with van der Waals surface area (Å²) in [6, 6.07) is 13.8. The van der Waals surface area contributed by atoms with Gasteiger partial charge in [-0.2, -0.15) is 0 Å². The third-order valence-corrected chi connectivity index (χ3v) is 4.25. The van der Waals surface area contributed by atoms with E-state index < -0.39 is 0 Å². The summed E-state index contributed by atoms with van der Waals surface area (Å²) < 4.78 is 18.3. The Morgan fingerprint density at radius 1 is 1.11 bits per heavy atom.